The van der Waals surface area contributed by atoms with Crippen molar-refractivity contribution in [1.29, 1.82) is 0 Å². The van der Waals surface area contributed by atoms with E-state index in [2.05, 4.69) is 15.4 Å². The molecular weight excluding hydrogens is 430 g/mol. The number of rotatable bonds is 3. The predicted octanol–water partition coefficient (Wildman–Crippen LogP) is 3.94. The molecule has 4 aromatic rings. The second-order valence-electron chi connectivity index (χ2n) is 7.52. The molecule has 2 aromatic carbocycles. The third kappa shape index (κ3) is 3.58. The van der Waals surface area contributed by atoms with Crippen molar-refractivity contribution in [2.75, 3.05) is 19.0 Å². The van der Waals surface area contributed by atoms with E-state index in [9.17, 15) is 9.59 Å². The number of carbonyl (C=O) groups excluding carboxylic acids is 1. The van der Waals surface area contributed by atoms with Crippen LogP contribution in [0.25, 0.3) is 16.9 Å². The van der Waals surface area contributed by atoms with Crippen molar-refractivity contribution < 1.29 is 9.53 Å². The van der Waals surface area contributed by atoms with E-state index >= 15 is 0 Å². The van der Waals surface area contributed by atoms with E-state index in [1.54, 1.807) is 42.3 Å². The van der Waals surface area contributed by atoms with E-state index in [1.165, 1.54) is 4.52 Å². The number of hydrogen-bond acceptors (Lipinski definition) is 4. The maximum Gasteiger partial charge on any atom is 0.322 e. The van der Waals surface area contributed by atoms with E-state index < -0.39 is 0 Å². The molecule has 0 fully saturated rings. The monoisotopic (exact) mass is 449 g/mol. The summed E-state index contributed by atoms with van der Waals surface area (Å²) in [5.74, 6) is 0.651. The van der Waals surface area contributed by atoms with Gasteiger partial charge in [0.15, 0.2) is 5.65 Å². The summed E-state index contributed by atoms with van der Waals surface area (Å²) in [6, 6.07) is 16.1. The highest BCUT2D eigenvalue weighted by Crippen LogP contribution is 2.27. The van der Waals surface area contributed by atoms with Crippen molar-refractivity contribution in [1.82, 2.24) is 19.5 Å². The Hall–Kier alpha value is -3.78. The van der Waals surface area contributed by atoms with E-state index in [4.69, 9.17) is 16.3 Å². The highest BCUT2D eigenvalue weighted by atomic mass is 35.5. The molecule has 162 valence electrons. The Morgan fingerprint density at radius 1 is 1.19 bits per heavy atom. The Morgan fingerprint density at radius 2 is 2.03 bits per heavy atom. The number of amides is 2. The standard InChI is InChI=1S/C23H20ClN5O3/c1-32-15-6-4-5-14(11-15)25-23(31)28-10-9-19-17(13-28)22(30)29-21(26-19)12-20(27-29)16-7-2-3-8-18(16)24/h2-8,11-12,27H,9-10,13H2,1H3,(H,25,31). The summed E-state index contributed by atoms with van der Waals surface area (Å²) in [7, 11) is 1.57. The van der Waals surface area contributed by atoms with Gasteiger partial charge in [-0.2, -0.15) is 0 Å². The van der Waals surface area contributed by atoms with Gasteiger partial charge in [0.05, 0.1) is 30.6 Å². The SMILES string of the molecule is COc1cccc(NC(=O)N2CCc3nc4cc(-c5ccccc5Cl)[nH]n4c(=O)c3C2)c1. The summed E-state index contributed by atoms with van der Waals surface area (Å²) in [6.07, 6.45) is 0.499. The average Bonchev–Trinajstić information content (AvgIpc) is 3.23. The van der Waals surface area contributed by atoms with Crippen molar-refractivity contribution in [2.45, 2.75) is 13.0 Å². The first-order valence-corrected chi connectivity index (χ1v) is 10.5. The van der Waals surface area contributed by atoms with Crippen LogP contribution in [0.4, 0.5) is 10.5 Å². The van der Waals surface area contributed by atoms with Gasteiger partial charge in [0.2, 0.25) is 0 Å². The lowest BCUT2D eigenvalue weighted by Crippen LogP contribution is -2.42. The number of nitrogens with zero attached hydrogens (tertiary/aromatic N) is 3. The van der Waals surface area contributed by atoms with E-state index in [0.717, 1.165) is 5.56 Å². The zero-order valence-electron chi connectivity index (χ0n) is 17.3. The fourth-order valence-electron chi connectivity index (χ4n) is 3.88. The normalized spacial score (nSPS) is 13.1. The topological polar surface area (TPSA) is 91.7 Å². The number of urea groups is 1. The van der Waals surface area contributed by atoms with Gasteiger partial charge in [0, 0.05) is 41.4 Å². The number of hydrogen-bond donors (Lipinski definition) is 2. The molecule has 0 bridgehead atoms. The summed E-state index contributed by atoms with van der Waals surface area (Å²) in [5.41, 5.74) is 3.64. The number of methoxy groups -OCH3 is 1. The van der Waals surface area contributed by atoms with Gasteiger partial charge in [0.1, 0.15) is 5.75 Å². The number of aromatic nitrogens is 3. The lowest BCUT2D eigenvalue weighted by atomic mass is 10.1. The number of halogens is 1. The van der Waals surface area contributed by atoms with Crippen LogP contribution in [0, 0.1) is 0 Å². The lowest BCUT2D eigenvalue weighted by Gasteiger charge is -2.27. The number of H-pyrrole nitrogens is 1. The van der Waals surface area contributed by atoms with E-state index in [0.29, 0.717) is 52.0 Å². The molecule has 9 heteroatoms. The van der Waals surface area contributed by atoms with Crippen molar-refractivity contribution in [2.24, 2.45) is 0 Å². The summed E-state index contributed by atoms with van der Waals surface area (Å²) in [5, 5.41) is 6.53. The van der Waals surface area contributed by atoms with Crippen molar-refractivity contribution in [3.05, 3.63) is 81.2 Å². The Bertz CT molecular complexity index is 1390. The van der Waals surface area contributed by atoms with Gasteiger partial charge in [-0.3, -0.25) is 9.89 Å². The van der Waals surface area contributed by atoms with Crippen LogP contribution in [0.5, 0.6) is 5.75 Å². The molecule has 0 unspecified atom stereocenters. The Morgan fingerprint density at radius 3 is 2.84 bits per heavy atom. The Kier molecular flexibility index (Phi) is 5.07. The van der Waals surface area contributed by atoms with Gasteiger partial charge in [-0.15, -0.1) is 0 Å². The van der Waals surface area contributed by atoms with Crippen LogP contribution >= 0.6 is 11.6 Å². The minimum absolute atomic E-state index is 0.181. The molecule has 3 heterocycles. The molecule has 2 N–H and O–H groups in total. The molecule has 32 heavy (non-hydrogen) atoms. The molecule has 0 spiro atoms. The number of carbonyl (C=O) groups is 1. The maximum absolute atomic E-state index is 13.2. The maximum atomic E-state index is 13.2. The lowest BCUT2D eigenvalue weighted by molar-refractivity contribution is 0.205. The molecule has 0 radical (unpaired) electrons. The van der Waals surface area contributed by atoms with Gasteiger partial charge in [0.25, 0.3) is 5.56 Å². The highest BCUT2D eigenvalue weighted by molar-refractivity contribution is 6.33. The van der Waals surface area contributed by atoms with Crippen LogP contribution in [0.15, 0.2) is 59.4 Å². The fraction of sp³-hybridized carbons (Fsp3) is 0.174. The van der Waals surface area contributed by atoms with Gasteiger partial charge in [-0.05, 0) is 18.2 Å². The van der Waals surface area contributed by atoms with Gasteiger partial charge < -0.3 is 15.0 Å². The van der Waals surface area contributed by atoms with E-state index in [1.807, 2.05) is 24.3 Å². The second-order valence-corrected chi connectivity index (χ2v) is 7.93. The first-order valence-electron chi connectivity index (χ1n) is 10.1. The van der Waals surface area contributed by atoms with Gasteiger partial charge in [-0.1, -0.05) is 35.9 Å². The molecule has 0 aliphatic carbocycles. The molecule has 8 nitrogen and oxygen atoms in total. The fourth-order valence-corrected chi connectivity index (χ4v) is 4.11. The number of aromatic amines is 1. The number of anilines is 1. The quantitative estimate of drug-likeness (QED) is 0.495. The highest BCUT2D eigenvalue weighted by Gasteiger charge is 2.26. The minimum Gasteiger partial charge on any atom is -0.497 e. The van der Waals surface area contributed by atoms with Crippen LogP contribution in [-0.2, 0) is 13.0 Å². The van der Waals surface area contributed by atoms with Crippen LogP contribution in [0.3, 0.4) is 0 Å². The molecule has 5 rings (SSSR count). The second kappa shape index (κ2) is 8.05. The molecule has 0 saturated heterocycles. The first-order chi connectivity index (χ1) is 15.5. The first kappa shape index (κ1) is 20.1. The summed E-state index contributed by atoms with van der Waals surface area (Å²) >= 11 is 6.31. The van der Waals surface area contributed by atoms with Gasteiger partial charge >= 0.3 is 6.03 Å². The van der Waals surface area contributed by atoms with Crippen LogP contribution in [0.1, 0.15) is 11.3 Å². The Balaban J connectivity index is 1.43. The van der Waals surface area contributed by atoms with Crippen molar-refractivity contribution >= 4 is 29.0 Å². The number of ether oxygens (including phenoxy) is 1. The van der Waals surface area contributed by atoms with E-state index in [-0.39, 0.29) is 18.1 Å². The number of nitrogens with one attached hydrogen (secondary N) is 2. The molecule has 0 atom stereocenters. The average molecular weight is 450 g/mol. The zero-order chi connectivity index (χ0) is 22.2. The van der Waals surface area contributed by atoms with Crippen molar-refractivity contribution in [3.63, 3.8) is 0 Å². The van der Waals surface area contributed by atoms with Gasteiger partial charge in [-0.25, -0.2) is 14.3 Å². The molecular formula is C23H20ClN5O3. The van der Waals surface area contributed by atoms with Crippen LogP contribution in [0.2, 0.25) is 5.02 Å². The third-order valence-electron chi connectivity index (χ3n) is 5.53. The number of benzene rings is 2. The third-order valence-corrected chi connectivity index (χ3v) is 5.86. The molecule has 1 aliphatic rings. The summed E-state index contributed by atoms with van der Waals surface area (Å²) < 4.78 is 6.60. The smallest absolute Gasteiger partial charge is 0.322 e. The Labute approximate surface area is 188 Å². The molecule has 2 aromatic heterocycles. The molecule has 1 aliphatic heterocycles. The molecule has 2 amide bonds. The predicted molar refractivity (Wildman–Crippen MR) is 122 cm³/mol. The zero-order valence-corrected chi connectivity index (χ0v) is 18.0. The number of fused-ring (bicyclic) bond motifs is 2. The summed E-state index contributed by atoms with van der Waals surface area (Å²) in [6.45, 7) is 0.646. The van der Waals surface area contributed by atoms with Crippen LogP contribution < -0.4 is 15.6 Å². The van der Waals surface area contributed by atoms with Crippen molar-refractivity contribution in [3.8, 4) is 17.0 Å². The largest absolute Gasteiger partial charge is 0.497 e. The minimum atomic E-state index is -0.281. The summed E-state index contributed by atoms with van der Waals surface area (Å²) in [4.78, 5) is 32.3. The molecule has 0 saturated carbocycles. The van der Waals surface area contributed by atoms with Crippen LogP contribution in [-0.4, -0.2) is 39.2 Å².